The predicted molar refractivity (Wildman–Crippen MR) is 108 cm³/mol. The van der Waals surface area contributed by atoms with Gasteiger partial charge in [-0.15, -0.1) is 0 Å². The van der Waals surface area contributed by atoms with E-state index in [-0.39, 0.29) is 18.4 Å². The van der Waals surface area contributed by atoms with Crippen LogP contribution in [0.2, 0.25) is 0 Å². The minimum absolute atomic E-state index is 0.0831. The Bertz CT molecular complexity index is 832. The standard InChI is InChI=1S/C21H28N4O4/c1-15(26)23(2)13-16-9-5-6-10-17(16)22-18(27)14-25-19(28)21(24(3)20(25)29)11-7-4-8-12-21/h5-6,9-10H,4,7-8,11-14H2,1-3H3,(H,22,27). The summed E-state index contributed by atoms with van der Waals surface area (Å²) in [6, 6.07) is 6.75. The molecule has 29 heavy (non-hydrogen) atoms. The SMILES string of the molecule is CC(=O)N(C)Cc1ccccc1NC(=O)CN1C(=O)N(C)C2(CCCCC2)C1=O. The van der Waals surface area contributed by atoms with E-state index in [0.29, 0.717) is 25.1 Å². The Morgan fingerprint density at radius 2 is 1.79 bits per heavy atom. The number of imide groups is 1. The van der Waals surface area contributed by atoms with E-state index >= 15 is 0 Å². The van der Waals surface area contributed by atoms with Crippen LogP contribution in [0.15, 0.2) is 24.3 Å². The second-order valence-corrected chi connectivity index (χ2v) is 7.91. The molecule has 8 heteroatoms. The summed E-state index contributed by atoms with van der Waals surface area (Å²) >= 11 is 0. The molecule has 5 amide bonds. The first-order chi connectivity index (χ1) is 13.8. The van der Waals surface area contributed by atoms with Gasteiger partial charge < -0.3 is 15.1 Å². The number of urea groups is 1. The molecule has 1 saturated carbocycles. The zero-order chi connectivity index (χ0) is 21.2. The zero-order valence-electron chi connectivity index (χ0n) is 17.2. The summed E-state index contributed by atoms with van der Waals surface area (Å²) in [5, 5.41) is 2.79. The molecule has 1 aliphatic heterocycles. The summed E-state index contributed by atoms with van der Waals surface area (Å²) in [7, 11) is 3.33. The highest BCUT2D eigenvalue weighted by Gasteiger charge is 2.55. The van der Waals surface area contributed by atoms with E-state index in [4.69, 9.17) is 0 Å². The third-order valence-corrected chi connectivity index (χ3v) is 6.02. The van der Waals surface area contributed by atoms with Crippen LogP contribution in [0.3, 0.4) is 0 Å². The number of amides is 5. The number of anilines is 1. The molecular weight excluding hydrogens is 372 g/mol. The maximum Gasteiger partial charge on any atom is 0.327 e. The lowest BCUT2D eigenvalue weighted by Gasteiger charge is -2.35. The van der Waals surface area contributed by atoms with E-state index in [2.05, 4.69) is 5.32 Å². The third-order valence-electron chi connectivity index (χ3n) is 6.02. The van der Waals surface area contributed by atoms with Crippen LogP contribution in [0.1, 0.15) is 44.6 Å². The highest BCUT2D eigenvalue weighted by Crippen LogP contribution is 2.39. The van der Waals surface area contributed by atoms with Crippen molar-refractivity contribution in [2.45, 2.75) is 51.1 Å². The second kappa shape index (κ2) is 8.23. The van der Waals surface area contributed by atoms with Crippen LogP contribution in [0.25, 0.3) is 0 Å². The van der Waals surface area contributed by atoms with Gasteiger partial charge in [0.25, 0.3) is 5.91 Å². The molecule has 2 aliphatic rings. The molecule has 1 spiro atoms. The maximum atomic E-state index is 13.0. The number of rotatable bonds is 5. The molecule has 0 atom stereocenters. The molecule has 1 aromatic rings. The van der Waals surface area contributed by atoms with E-state index in [1.807, 2.05) is 12.1 Å². The van der Waals surface area contributed by atoms with E-state index in [1.165, 1.54) is 11.8 Å². The van der Waals surface area contributed by atoms with Gasteiger partial charge in [0.1, 0.15) is 12.1 Å². The van der Waals surface area contributed by atoms with Crippen LogP contribution in [0, 0.1) is 0 Å². The first-order valence-electron chi connectivity index (χ1n) is 9.95. The largest absolute Gasteiger partial charge is 0.342 e. The lowest BCUT2D eigenvalue weighted by molar-refractivity contribution is -0.136. The Kier molecular flexibility index (Phi) is 5.91. The van der Waals surface area contributed by atoms with E-state index < -0.39 is 17.5 Å². The van der Waals surface area contributed by atoms with Crippen LogP contribution in [0.4, 0.5) is 10.5 Å². The smallest absolute Gasteiger partial charge is 0.327 e. The molecule has 8 nitrogen and oxygen atoms in total. The van der Waals surface area contributed by atoms with Crippen molar-refractivity contribution in [2.24, 2.45) is 0 Å². The molecule has 2 fully saturated rings. The normalized spacial score (nSPS) is 18.3. The molecule has 156 valence electrons. The number of hydrogen-bond acceptors (Lipinski definition) is 4. The van der Waals surface area contributed by atoms with Gasteiger partial charge in [-0.25, -0.2) is 4.79 Å². The maximum absolute atomic E-state index is 13.0. The molecule has 1 N–H and O–H groups in total. The van der Waals surface area contributed by atoms with E-state index in [9.17, 15) is 19.2 Å². The molecule has 0 radical (unpaired) electrons. The van der Waals surface area contributed by atoms with Crippen LogP contribution in [-0.4, -0.2) is 64.6 Å². The van der Waals surface area contributed by atoms with Crippen LogP contribution in [-0.2, 0) is 20.9 Å². The van der Waals surface area contributed by atoms with Gasteiger partial charge in [-0.2, -0.15) is 0 Å². The van der Waals surface area contributed by atoms with Crippen molar-refractivity contribution < 1.29 is 19.2 Å². The van der Waals surface area contributed by atoms with Crippen LogP contribution < -0.4 is 5.32 Å². The van der Waals surface area contributed by atoms with Gasteiger partial charge >= 0.3 is 6.03 Å². The number of likely N-dealkylation sites (N-methyl/N-ethyl adjacent to an activating group) is 1. The molecule has 0 unspecified atom stereocenters. The summed E-state index contributed by atoms with van der Waals surface area (Å²) in [4.78, 5) is 54.0. The number of nitrogens with one attached hydrogen (secondary N) is 1. The van der Waals surface area contributed by atoms with Gasteiger partial charge in [-0.1, -0.05) is 37.5 Å². The fourth-order valence-corrected chi connectivity index (χ4v) is 4.15. The number of benzene rings is 1. The molecule has 0 aromatic heterocycles. The monoisotopic (exact) mass is 400 g/mol. The van der Waals surface area contributed by atoms with Gasteiger partial charge in [0.2, 0.25) is 11.8 Å². The summed E-state index contributed by atoms with van der Waals surface area (Å²) < 4.78 is 0. The summed E-state index contributed by atoms with van der Waals surface area (Å²) in [5.41, 5.74) is 0.543. The lowest BCUT2D eigenvalue weighted by atomic mass is 9.81. The fraction of sp³-hybridized carbons (Fsp3) is 0.524. The summed E-state index contributed by atoms with van der Waals surface area (Å²) in [6.07, 6.45) is 4.16. The fourth-order valence-electron chi connectivity index (χ4n) is 4.15. The average Bonchev–Trinajstić information content (AvgIpc) is 2.86. The average molecular weight is 400 g/mol. The Balaban J connectivity index is 1.71. The highest BCUT2D eigenvalue weighted by molar-refractivity contribution is 6.10. The number of hydrogen-bond donors (Lipinski definition) is 1. The van der Waals surface area contributed by atoms with Crippen molar-refractivity contribution in [1.29, 1.82) is 0 Å². The van der Waals surface area contributed by atoms with Gasteiger partial charge in [0.05, 0.1) is 0 Å². The number of nitrogens with zero attached hydrogens (tertiary/aromatic N) is 3. The molecule has 1 aromatic carbocycles. The zero-order valence-corrected chi connectivity index (χ0v) is 17.2. The van der Waals surface area contributed by atoms with E-state index in [1.54, 1.807) is 31.1 Å². The number of para-hydroxylation sites is 1. The first-order valence-corrected chi connectivity index (χ1v) is 9.95. The van der Waals surface area contributed by atoms with Crippen molar-refractivity contribution >= 4 is 29.4 Å². The third kappa shape index (κ3) is 3.97. The van der Waals surface area contributed by atoms with E-state index in [0.717, 1.165) is 29.7 Å². The summed E-state index contributed by atoms with van der Waals surface area (Å²) in [5.74, 6) is -0.796. The molecule has 3 rings (SSSR count). The highest BCUT2D eigenvalue weighted by atomic mass is 16.2. The first kappa shape index (κ1) is 20.8. The van der Waals surface area contributed by atoms with Crippen LogP contribution in [0.5, 0.6) is 0 Å². The Morgan fingerprint density at radius 1 is 1.14 bits per heavy atom. The van der Waals surface area contributed by atoms with Crippen molar-refractivity contribution in [3.05, 3.63) is 29.8 Å². The molecule has 1 heterocycles. The Hall–Kier alpha value is -2.90. The Labute approximate surface area is 170 Å². The van der Waals surface area contributed by atoms with Crippen LogP contribution >= 0.6 is 0 Å². The minimum Gasteiger partial charge on any atom is -0.342 e. The van der Waals surface area contributed by atoms with Gasteiger partial charge in [0, 0.05) is 33.3 Å². The minimum atomic E-state index is -0.794. The van der Waals surface area contributed by atoms with Crippen molar-refractivity contribution in [3.8, 4) is 0 Å². The molecular formula is C21H28N4O4. The summed E-state index contributed by atoms with van der Waals surface area (Å²) in [6.45, 7) is 1.50. The Morgan fingerprint density at radius 3 is 2.45 bits per heavy atom. The topological polar surface area (TPSA) is 90.0 Å². The van der Waals surface area contributed by atoms with Crippen molar-refractivity contribution in [2.75, 3.05) is 26.0 Å². The van der Waals surface area contributed by atoms with Crippen molar-refractivity contribution in [1.82, 2.24) is 14.7 Å². The molecule has 1 saturated heterocycles. The van der Waals surface area contributed by atoms with Gasteiger partial charge in [-0.05, 0) is 24.5 Å². The lowest BCUT2D eigenvalue weighted by Crippen LogP contribution is -2.49. The number of carbonyl (C=O) groups is 4. The number of carbonyl (C=O) groups excluding carboxylic acids is 4. The second-order valence-electron chi connectivity index (χ2n) is 7.91. The van der Waals surface area contributed by atoms with Crippen molar-refractivity contribution in [3.63, 3.8) is 0 Å². The molecule has 1 aliphatic carbocycles. The van der Waals surface area contributed by atoms with Gasteiger partial charge in [0.15, 0.2) is 0 Å². The predicted octanol–water partition coefficient (Wildman–Crippen LogP) is 2.20. The van der Waals surface area contributed by atoms with Gasteiger partial charge in [-0.3, -0.25) is 19.3 Å². The molecule has 0 bridgehead atoms. The quantitative estimate of drug-likeness (QED) is 0.768.